The Morgan fingerprint density at radius 1 is 0.521 bits per heavy atom. The lowest BCUT2D eigenvalue weighted by Gasteiger charge is -2.09. The van der Waals surface area contributed by atoms with E-state index in [9.17, 15) is 0 Å². The van der Waals surface area contributed by atoms with Crippen LogP contribution in [0.25, 0.3) is 66.6 Å². The summed E-state index contributed by atoms with van der Waals surface area (Å²) in [6.45, 7) is 17.9. The van der Waals surface area contributed by atoms with Crippen molar-refractivity contribution in [1.82, 2.24) is 29.9 Å². The molecule has 0 radical (unpaired) electrons. The molecule has 0 spiro atoms. The number of aromatic amines is 2. The van der Waals surface area contributed by atoms with Gasteiger partial charge < -0.3 is 9.97 Å². The van der Waals surface area contributed by atoms with Crippen LogP contribution in [0.15, 0.2) is 61.2 Å². The average molecular weight is 633 g/mol. The van der Waals surface area contributed by atoms with Crippen molar-refractivity contribution < 1.29 is 0 Å². The quantitative estimate of drug-likeness (QED) is 0.195. The summed E-state index contributed by atoms with van der Waals surface area (Å²) in [5.41, 5.74) is 22.9. The summed E-state index contributed by atoms with van der Waals surface area (Å²) in [7, 11) is 0. The van der Waals surface area contributed by atoms with Crippen LogP contribution in [0.3, 0.4) is 0 Å². The number of hydrogen-bond donors (Lipinski definition) is 2. The summed E-state index contributed by atoms with van der Waals surface area (Å²) < 4.78 is 0. The summed E-state index contributed by atoms with van der Waals surface area (Å²) in [5, 5.41) is 0. The maximum absolute atomic E-state index is 5.46. The van der Waals surface area contributed by atoms with Gasteiger partial charge in [0.25, 0.3) is 0 Å². The Morgan fingerprint density at radius 2 is 0.917 bits per heavy atom. The van der Waals surface area contributed by atoms with Crippen molar-refractivity contribution in [3.8, 4) is 22.3 Å². The van der Waals surface area contributed by atoms with Crippen LogP contribution >= 0.6 is 0 Å². The summed E-state index contributed by atoms with van der Waals surface area (Å²) >= 11 is 0. The topological polar surface area (TPSA) is 83.1 Å². The molecule has 0 unspecified atom stereocenters. The number of aryl methyl sites for hydroxylation is 4. The maximum Gasteiger partial charge on any atom is 0.0769 e. The lowest BCUT2D eigenvalue weighted by Crippen LogP contribution is -1.93. The number of H-pyrrole nitrogens is 2. The van der Waals surface area contributed by atoms with Gasteiger partial charge in [-0.05, 0) is 145 Å². The maximum atomic E-state index is 5.46. The fourth-order valence-corrected chi connectivity index (χ4v) is 7.91. The van der Waals surface area contributed by atoms with Gasteiger partial charge in [-0.25, -0.2) is 9.97 Å². The molecule has 0 aromatic carbocycles. The predicted molar refractivity (Wildman–Crippen MR) is 201 cm³/mol. The minimum Gasteiger partial charge on any atom is -0.354 e. The van der Waals surface area contributed by atoms with Crippen molar-refractivity contribution in [2.45, 2.75) is 81.1 Å². The molecule has 48 heavy (non-hydrogen) atoms. The fourth-order valence-electron chi connectivity index (χ4n) is 7.91. The average Bonchev–Trinajstić information content (AvgIpc) is 3.79. The van der Waals surface area contributed by atoms with Crippen molar-refractivity contribution in [2.75, 3.05) is 0 Å². The first-order chi connectivity index (χ1) is 23.3. The molecule has 2 aliphatic heterocycles. The van der Waals surface area contributed by atoms with Gasteiger partial charge in [0.1, 0.15) is 0 Å². The van der Waals surface area contributed by atoms with E-state index in [4.69, 9.17) is 9.97 Å². The van der Waals surface area contributed by atoms with E-state index in [0.717, 1.165) is 92.8 Å². The molecule has 7 rings (SSSR count). The molecule has 5 aromatic heterocycles. The van der Waals surface area contributed by atoms with Crippen molar-refractivity contribution in [3.63, 3.8) is 0 Å². The van der Waals surface area contributed by atoms with E-state index < -0.39 is 0 Å². The van der Waals surface area contributed by atoms with Crippen LogP contribution in [0, 0.1) is 13.8 Å². The summed E-state index contributed by atoms with van der Waals surface area (Å²) in [6.07, 6.45) is 11.1. The number of pyridine rings is 2. The van der Waals surface area contributed by atoms with E-state index in [2.05, 4.69) is 112 Å². The molecule has 6 heteroatoms. The van der Waals surface area contributed by atoms with Crippen molar-refractivity contribution in [3.05, 3.63) is 106 Å². The molecule has 2 N–H and O–H groups in total. The first-order valence-electron chi connectivity index (χ1n) is 17.3. The second-order valence-electron chi connectivity index (χ2n) is 12.9. The van der Waals surface area contributed by atoms with Crippen LogP contribution in [0.4, 0.5) is 0 Å². The highest BCUT2D eigenvalue weighted by Crippen LogP contribution is 2.44. The van der Waals surface area contributed by atoms with Gasteiger partial charge in [-0.3, -0.25) is 9.97 Å². The Bertz CT molecular complexity index is 2180. The van der Waals surface area contributed by atoms with E-state index in [1.807, 2.05) is 24.8 Å². The second kappa shape index (κ2) is 12.5. The zero-order valence-electron chi connectivity index (χ0n) is 29.4. The van der Waals surface area contributed by atoms with Gasteiger partial charge >= 0.3 is 0 Å². The van der Waals surface area contributed by atoms with E-state index in [0.29, 0.717) is 0 Å². The standard InChI is InChI=1S/C42H44N6/c1-9-29-23(5)39-37(27-13-17-43-18-14-27)40-25(7)31(11-3)35(47-40)22-36-32(12-4)26(8)42(48-36)38(28-15-19-44-20-16-28)41-24(6)30(10-2)34(46-41)21-33(29)45-39/h13-22,45,47H,9-12H2,1-8H3. The highest BCUT2D eigenvalue weighted by molar-refractivity contribution is 6.03. The molecule has 0 amide bonds. The number of allylic oxidation sites excluding steroid dienone is 4. The molecule has 2 aliphatic rings. The van der Waals surface area contributed by atoms with E-state index in [1.165, 1.54) is 44.5 Å². The molecule has 6 nitrogen and oxygen atoms in total. The zero-order valence-corrected chi connectivity index (χ0v) is 29.4. The minimum atomic E-state index is 0.882. The fraction of sp³-hybridized carbons (Fsp3) is 0.286. The van der Waals surface area contributed by atoms with Crippen molar-refractivity contribution >= 4 is 44.4 Å². The van der Waals surface area contributed by atoms with Crippen molar-refractivity contribution in [1.29, 1.82) is 0 Å². The summed E-state index contributed by atoms with van der Waals surface area (Å²) in [4.78, 5) is 27.5. The van der Waals surface area contributed by atoms with E-state index in [-0.39, 0.29) is 0 Å². The molecule has 242 valence electrons. The predicted octanol–water partition coefficient (Wildman–Crippen LogP) is 10.9. The van der Waals surface area contributed by atoms with Crippen LogP contribution in [-0.4, -0.2) is 29.9 Å². The van der Waals surface area contributed by atoms with Gasteiger partial charge in [-0.15, -0.1) is 0 Å². The van der Waals surface area contributed by atoms with Gasteiger partial charge in [0.05, 0.1) is 33.8 Å². The van der Waals surface area contributed by atoms with Crippen molar-refractivity contribution in [2.24, 2.45) is 0 Å². The van der Waals surface area contributed by atoms with E-state index >= 15 is 0 Å². The lowest BCUT2D eigenvalue weighted by atomic mass is 9.94. The Labute approximate surface area is 283 Å². The molecule has 7 heterocycles. The number of nitrogens with one attached hydrogen (secondary N) is 2. The molecule has 8 bridgehead atoms. The van der Waals surface area contributed by atoms with E-state index in [1.54, 1.807) is 0 Å². The summed E-state index contributed by atoms with van der Waals surface area (Å²) in [5.74, 6) is 0. The third-order valence-electron chi connectivity index (χ3n) is 10.4. The first kappa shape index (κ1) is 31.5. The minimum absolute atomic E-state index is 0.882. The largest absolute Gasteiger partial charge is 0.354 e. The Morgan fingerprint density at radius 3 is 1.29 bits per heavy atom. The summed E-state index contributed by atoms with van der Waals surface area (Å²) in [6, 6.07) is 12.9. The smallest absolute Gasteiger partial charge is 0.0769 e. The number of hydrogen-bond acceptors (Lipinski definition) is 4. The molecular weight excluding hydrogens is 589 g/mol. The van der Waals surface area contributed by atoms with Crippen LogP contribution in [0.1, 0.15) is 99.4 Å². The van der Waals surface area contributed by atoms with Crippen LogP contribution in [-0.2, 0) is 12.8 Å². The molecular formula is C42H44N6. The SMILES string of the molecule is CCC1=C(C)c2nc1cc1[nH]c(c(C)c1CC)c(-c1ccncc1)c1[nH]c(cc3nc(c2-c2ccncc2)C(C)=C3CC)c(CC)c1C. The highest BCUT2D eigenvalue weighted by Gasteiger charge is 2.26. The highest BCUT2D eigenvalue weighted by atomic mass is 14.8. The molecule has 0 atom stereocenters. The first-order valence-corrected chi connectivity index (χ1v) is 17.3. The molecule has 0 saturated carbocycles. The number of rotatable bonds is 6. The van der Waals surface area contributed by atoms with Gasteiger partial charge in [-0.2, -0.15) is 0 Å². The molecule has 5 aromatic rings. The molecule has 0 aliphatic carbocycles. The molecule has 0 saturated heterocycles. The number of fused-ring (bicyclic) bond motifs is 8. The zero-order chi connectivity index (χ0) is 33.7. The van der Waals surface area contributed by atoms with Crippen LogP contribution in [0.2, 0.25) is 0 Å². The van der Waals surface area contributed by atoms with Crippen LogP contribution < -0.4 is 0 Å². The Hall–Kier alpha value is -5.10. The van der Waals surface area contributed by atoms with Gasteiger partial charge in [0.2, 0.25) is 0 Å². The second-order valence-corrected chi connectivity index (χ2v) is 12.9. The normalized spacial score (nSPS) is 13.2. The third-order valence-corrected chi connectivity index (χ3v) is 10.4. The van der Waals surface area contributed by atoms with Gasteiger partial charge in [0.15, 0.2) is 0 Å². The molecule has 0 fully saturated rings. The lowest BCUT2D eigenvalue weighted by molar-refractivity contribution is 1.14. The Kier molecular flexibility index (Phi) is 8.20. The monoisotopic (exact) mass is 632 g/mol. The van der Waals surface area contributed by atoms with Gasteiger partial charge in [0, 0.05) is 46.9 Å². The number of nitrogens with zero attached hydrogens (tertiary/aromatic N) is 4. The third kappa shape index (κ3) is 4.93. The Balaban J connectivity index is 1.78. The van der Waals surface area contributed by atoms with Gasteiger partial charge in [-0.1, -0.05) is 27.7 Å². The van der Waals surface area contributed by atoms with Crippen LogP contribution in [0.5, 0.6) is 0 Å². The number of aromatic nitrogens is 6.